The Morgan fingerprint density at radius 2 is 2.20 bits per heavy atom. The number of rotatable bonds is 4. The Balaban J connectivity index is 2.88. The van der Waals surface area contributed by atoms with Gasteiger partial charge < -0.3 is 4.90 Å². The highest BCUT2D eigenvalue weighted by Crippen LogP contribution is 2.19. The van der Waals surface area contributed by atoms with E-state index in [0.717, 1.165) is 6.54 Å². The lowest BCUT2D eigenvalue weighted by Gasteiger charge is -2.28. The van der Waals surface area contributed by atoms with Crippen LogP contribution in [0.25, 0.3) is 0 Å². The third-order valence-corrected chi connectivity index (χ3v) is 2.59. The molecule has 0 aliphatic heterocycles. The van der Waals surface area contributed by atoms with E-state index >= 15 is 0 Å². The summed E-state index contributed by atoms with van der Waals surface area (Å²) in [5.74, 6) is 0. The molecule has 1 aromatic carbocycles. The molecule has 1 unspecified atom stereocenters. The molecule has 0 amide bonds. The summed E-state index contributed by atoms with van der Waals surface area (Å²) in [5, 5.41) is 8.71. The Kier molecular flexibility index (Phi) is 4.17. The zero-order valence-electron chi connectivity index (χ0n) is 9.70. The number of anilines is 1. The number of aryl methyl sites for hydroxylation is 1. The summed E-state index contributed by atoms with van der Waals surface area (Å²) in [6.45, 7) is 7.24. The minimum absolute atomic E-state index is 0.279. The highest BCUT2D eigenvalue weighted by molar-refractivity contribution is 5.49. The Morgan fingerprint density at radius 3 is 2.73 bits per heavy atom. The fourth-order valence-corrected chi connectivity index (χ4v) is 1.80. The smallest absolute Gasteiger partial charge is 0.0643 e. The van der Waals surface area contributed by atoms with Crippen molar-refractivity contribution in [3.8, 4) is 6.07 Å². The van der Waals surface area contributed by atoms with Gasteiger partial charge in [0, 0.05) is 18.3 Å². The van der Waals surface area contributed by atoms with Crippen LogP contribution in [0.15, 0.2) is 24.3 Å². The molecule has 2 nitrogen and oxygen atoms in total. The maximum absolute atomic E-state index is 8.71. The van der Waals surface area contributed by atoms with Gasteiger partial charge in [-0.2, -0.15) is 5.26 Å². The van der Waals surface area contributed by atoms with Gasteiger partial charge in [0.1, 0.15) is 0 Å². The fourth-order valence-electron chi connectivity index (χ4n) is 1.80. The molecule has 0 saturated heterocycles. The van der Waals surface area contributed by atoms with Crippen LogP contribution in [0.5, 0.6) is 0 Å². The summed E-state index contributed by atoms with van der Waals surface area (Å²) in [6, 6.07) is 10.9. The van der Waals surface area contributed by atoms with Crippen molar-refractivity contribution < 1.29 is 0 Å². The molecule has 1 rings (SSSR count). The van der Waals surface area contributed by atoms with Gasteiger partial charge in [0.25, 0.3) is 0 Å². The SMILES string of the molecule is CCN(c1cccc(C)c1)C(C)CC#N. The van der Waals surface area contributed by atoms with Crippen molar-refractivity contribution in [2.24, 2.45) is 0 Å². The Bertz CT molecular complexity index is 352. The monoisotopic (exact) mass is 202 g/mol. The predicted octanol–water partition coefficient (Wildman–Crippen LogP) is 3.12. The molecule has 1 aromatic rings. The molecule has 0 spiro atoms. The van der Waals surface area contributed by atoms with Crippen LogP contribution in [0.1, 0.15) is 25.8 Å². The van der Waals surface area contributed by atoms with E-state index in [1.807, 2.05) is 0 Å². The van der Waals surface area contributed by atoms with Crippen molar-refractivity contribution in [2.45, 2.75) is 33.2 Å². The Labute approximate surface area is 92.1 Å². The molecule has 0 aromatic heterocycles. The molecule has 80 valence electrons. The molecular formula is C13H18N2. The number of nitrogens with zero attached hydrogens (tertiary/aromatic N) is 2. The molecule has 0 aliphatic carbocycles. The molecule has 0 saturated carbocycles. The lowest BCUT2D eigenvalue weighted by molar-refractivity contribution is 0.662. The first-order chi connectivity index (χ1) is 7.19. The Morgan fingerprint density at radius 1 is 1.47 bits per heavy atom. The van der Waals surface area contributed by atoms with E-state index in [9.17, 15) is 0 Å². The minimum Gasteiger partial charge on any atom is -0.368 e. The summed E-state index contributed by atoms with van der Waals surface area (Å²) >= 11 is 0. The maximum Gasteiger partial charge on any atom is 0.0643 e. The van der Waals surface area contributed by atoms with Crippen molar-refractivity contribution in [1.82, 2.24) is 0 Å². The summed E-state index contributed by atoms with van der Waals surface area (Å²) in [5.41, 5.74) is 2.47. The molecule has 0 aliphatic rings. The summed E-state index contributed by atoms with van der Waals surface area (Å²) in [6.07, 6.45) is 0.571. The number of nitriles is 1. The van der Waals surface area contributed by atoms with E-state index < -0.39 is 0 Å². The molecule has 0 radical (unpaired) electrons. The van der Waals surface area contributed by atoms with Gasteiger partial charge in [-0.05, 0) is 38.5 Å². The predicted molar refractivity (Wildman–Crippen MR) is 63.9 cm³/mol. The lowest BCUT2D eigenvalue weighted by Crippen LogP contribution is -2.32. The van der Waals surface area contributed by atoms with Crippen molar-refractivity contribution in [1.29, 1.82) is 5.26 Å². The molecule has 0 bridgehead atoms. The van der Waals surface area contributed by atoms with Gasteiger partial charge in [0.2, 0.25) is 0 Å². The maximum atomic E-state index is 8.71. The van der Waals surface area contributed by atoms with Crippen molar-refractivity contribution in [3.05, 3.63) is 29.8 Å². The second-order valence-corrected chi connectivity index (χ2v) is 3.84. The lowest BCUT2D eigenvalue weighted by atomic mass is 10.1. The fraction of sp³-hybridized carbons (Fsp3) is 0.462. The second-order valence-electron chi connectivity index (χ2n) is 3.84. The van der Waals surface area contributed by atoms with Crippen LogP contribution < -0.4 is 4.90 Å². The van der Waals surface area contributed by atoms with Crippen molar-refractivity contribution in [2.75, 3.05) is 11.4 Å². The van der Waals surface area contributed by atoms with E-state index in [-0.39, 0.29) is 6.04 Å². The van der Waals surface area contributed by atoms with Crippen LogP contribution in [0, 0.1) is 18.3 Å². The first kappa shape index (κ1) is 11.6. The van der Waals surface area contributed by atoms with Gasteiger partial charge in [-0.25, -0.2) is 0 Å². The first-order valence-corrected chi connectivity index (χ1v) is 5.39. The van der Waals surface area contributed by atoms with Gasteiger partial charge in [0.15, 0.2) is 0 Å². The molecule has 0 heterocycles. The van der Waals surface area contributed by atoms with Crippen LogP contribution in [0.3, 0.4) is 0 Å². The minimum atomic E-state index is 0.279. The topological polar surface area (TPSA) is 27.0 Å². The van der Waals surface area contributed by atoms with Gasteiger partial charge in [-0.15, -0.1) is 0 Å². The summed E-state index contributed by atoms with van der Waals surface area (Å²) in [7, 11) is 0. The van der Waals surface area contributed by atoms with Gasteiger partial charge in [-0.3, -0.25) is 0 Å². The summed E-state index contributed by atoms with van der Waals surface area (Å²) in [4.78, 5) is 2.26. The summed E-state index contributed by atoms with van der Waals surface area (Å²) < 4.78 is 0. The molecule has 0 N–H and O–H groups in total. The highest BCUT2D eigenvalue weighted by atomic mass is 15.1. The Hall–Kier alpha value is -1.49. The normalized spacial score (nSPS) is 11.9. The van der Waals surface area contributed by atoms with E-state index in [2.05, 4.69) is 56.0 Å². The average molecular weight is 202 g/mol. The van der Waals surface area contributed by atoms with Crippen LogP contribution >= 0.6 is 0 Å². The highest BCUT2D eigenvalue weighted by Gasteiger charge is 2.11. The van der Waals surface area contributed by atoms with Crippen LogP contribution in [0.2, 0.25) is 0 Å². The molecule has 0 fully saturated rings. The van der Waals surface area contributed by atoms with Crippen molar-refractivity contribution >= 4 is 5.69 Å². The van der Waals surface area contributed by atoms with Crippen LogP contribution in [-0.2, 0) is 0 Å². The molecular weight excluding hydrogens is 184 g/mol. The first-order valence-electron chi connectivity index (χ1n) is 5.39. The number of benzene rings is 1. The molecule has 1 atom stereocenters. The van der Waals surface area contributed by atoms with Gasteiger partial charge in [-0.1, -0.05) is 12.1 Å². The third kappa shape index (κ3) is 2.99. The van der Waals surface area contributed by atoms with E-state index in [4.69, 9.17) is 5.26 Å². The quantitative estimate of drug-likeness (QED) is 0.750. The van der Waals surface area contributed by atoms with Crippen LogP contribution in [0.4, 0.5) is 5.69 Å². The second kappa shape index (κ2) is 5.41. The van der Waals surface area contributed by atoms with E-state index in [1.165, 1.54) is 11.3 Å². The zero-order valence-corrected chi connectivity index (χ0v) is 9.70. The van der Waals surface area contributed by atoms with E-state index in [1.54, 1.807) is 0 Å². The van der Waals surface area contributed by atoms with E-state index in [0.29, 0.717) is 6.42 Å². The van der Waals surface area contributed by atoms with Gasteiger partial charge in [0.05, 0.1) is 12.5 Å². The molecule has 15 heavy (non-hydrogen) atoms. The molecule has 2 heteroatoms. The zero-order chi connectivity index (χ0) is 11.3. The standard InChI is InChI=1S/C13H18N2/c1-4-15(12(3)8-9-14)13-7-5-6-11(2)10-13/h5-7,10,12H,4,8H2,1-3H3. The van der Waals surface area contributed by atoms with Crippen molar-refractivity contribution in [3.63, 3.8) is 0 Å². The number of hydrogen-bond acceptors (Lipinski definition) is 2. The average Bonchev–Trinajstić information content (AvgIpc) is 2.19. The largest absolute Gasteiger partial charge is 0.368 e. The number of hydrogen-bond donors (Lipinski definition) is 0. The third-order valence-electron chi connectivity index (χ3n) is 2.59. The van der Waals surface area contributed by atoms with Crippen LogP contribution in [-0.4, -0.2) is 12.6 Å². The van der Waals surface area contributed by atoms with Gasteiger partial charge >= 0.3 is 0 Å².